The van der Waals surface area contributed by atoms with E-state index < -0.39 is 0 Å². The summed E-state index contributed by atoms with van der Waals surface area (Å²) >= 11 is 0. The van der Waals surface area contributed by atoms with Gasteiger partial charge in [-0.3, -0.25) is 5.10 Å². The Labute approximate surface area is 87.8 Å². The van der Waals surface area contributed by atoms with Crippen LogP contribution < -0.4 is 5.73 Å². The van der Waals surface area contributed by atoms with E-state index in [2.05, 4.69) is 34.0 Å². The molecule has 0 atom stereocenters. The number of aromatic nitrogens is 4. The molecule has 2 aromatic heterocycles. The molecule has 78 valence electrons. The lowest BCUT2D eigenvalue weighted by atomic mass is 10.0. The van der Waals surface area contributed by atoms with Crippen LogP contribution in [0.25, 0.3) is 11.4 Å². The zero-order chi connectivity index (χ0) is 10.8. The molecule has 0 aliphatic carbocycles. The second kappa shape index (κ2) is 3.68. The number of rotatable bonds is 2. The minimum atomic E-state index is 0.314. The summed E-state index contributed by atoms with van der Waals surface area (Å²) in [7, 11) is 0. The zero-order valence-electron chi connectivity index (χ0n) is 8.73. The van der Waals surface area contributed by atoms with Gasteiger partial charge in [0, 0.05) is 11.8 Å². The van der Waals surface area contributed by atoms with Gasteiger partial charge in [-0.05, 0) is 12.0 Å². The van der Waals surface area contributed by atoms with Crippen molar-refractivity contribution in [1.82, 2.24) is 20.2 Å². The third-order valence-corrected chi connectivity index (χ3v) is 2.25. The van der Waals surface area contributed by atoms with E-state index in [9.17, 15) is 0 Å². The van der Waals surface area contributed by atoms with E-state index in [1.165, 1.54) is 6.33 Å². The summed E-state index contributed by atoms with van der Waals surface area (Å²) < 4.78 is 0. The first kappa shape index (κ1) is 9.64. The lowest BCUT2D eigenvalue weighted by Gasteiger charge is -2.06. The Morgan fingerprint density at radius 2 is 2.20 bits per heavy atom. The average molecular weight is 203 g/mol. The molecule has 0 saturated heterocycles. The molecule has 15 heavy (non-hydrogen) atoms. The Kier molecular flexibility index (Phi) is 2.37. The van der Waals surface area contributed by atoms with Gasteiger partial charge in [0.25, 0.3) is 0 Å². The topological polar surface area (TPSA) is 80.5 Å². The van der Waals surface area contributed by atoms with Gasteiger partial charge in [-0.1, -0.05) is 13.8 Å². The summed E-state index contributed by atoms with van der Waals surface area (Å²) in [5.41, 5.74) is 8.50. The van der Waals surface area contributed by atoms with Crippen molar-refractivity contribution in [2.75, 3.05) is 5.73 Å². The van der Waals surface area contributed by atoms with Crippen LogP contribution in [0.5, 0.6) is 0 Å². The van der Waals surface area contributed by atoms with E-state index in [4.69, 9.17) is 5.73 Å². The van der Waals surface area contributed by atoms with Crippen molar-refractivity contribution in [1.29, 1.82) is 0 Å². The van der Waals surface area contributed by atoms with Gasteiger partial charge in [-0.2, -0.15) is 5.10 Å². The summed E-state index contributed by atoms with van der Waals surface area (Å²) in [6.45, 7) is 4.15. The Balaban J connectivity index is 2.54. The molecule has 0 saturated carbocycles. The second-order valence-corrected chi connectivity index (χ2v) is 3.65. The summed E-state index contributed by atoms with van der Waals surface area (Å²) in [6.07, 6.45) is 3.21. The monoisotopic (exact) mass is 203 g/mol. The number of nitrogens with zero attached hydrogens (tertiary/aromatic N) is 3. The van der Waals surface area contributed by atoms with E-state index in [0.717, 1.165) is 17.0 Å². The van der Waals surface area contributed by atoms with Crippen molar-refractivity contribution in [3.05, 3.63) is 24.2 Å². The van der Waals surface area contributed by atoms with Gasteiger partial charge >= 0.3 is 0 Å². The van der Waals surface area contributed by atoms with Crippen LogP contribution in [0.3, 0.4) is 0 Å². The predicted octanol–water partition coefficient (Wildman–Crippen LogP) is 1.57. The van der Waals surface area contributed by atoms with Crippen molar-refractivity contribution >= 4 is 5.82 Å². The molecular weight excluding hydrogens is 190 g/mol. The third kappa shape index (κ3) is 1.68. The lowest BCUT2D eigenvalue weighted by molar-refractivity contribution is 0.872. The molecule has 3 N–H and O–H groups in total. The standard InChI is InChI=1S/C10H13N5/c1-6(2)8-9(14-15-10(8)11)7-3-4-12-5-13-7/h3-6H,1-2H3,(H3,11,14,15). The molecule has 0 amide bonds. The number of hydrogen-bond acceptors (Lipinski definition) is 4. The van der Waals surface area contributed by atoms with Crippen LogP contribution in [-0.2, 0) is 0 Å². The lowest BCUT2D eigenvalue weighted by Crippen LogP contribution is -1.96. The Morgan fingerprint density at radius 3 is 2.80 bits per heavy atom. The summed E-state index contributed by atoms with van der Waals surface area (Å²) in [6, 6.07) is 1.83. The van der Waals surface area contributed by atoms with E-state index in [0.29, 0.717) is 11.7 Å². The molecule has 2 heterocycles. The molecule has 5 heteroatoms. The molecule has 0 fully saturated rings. The fourth-order valence-corrected chi connectivity index (χ4v) is 1.58. The Bertz CT molecular complexity index is 446. The van der Waals surface area contributed by atoms with E-state index in [-0.39, 0.29) is 0 Å². The minimum absolute atomic E-state index is 0.314. The summed E-state index contributed by atoms with van der Waals surface area (Å²) in [4.78, 5) is 8.04. The molecule has 0 spiro atoms. The van der Waals surface area contributed by atoms with Crippen LogP contribution in [0.2, 0.25) is 0 Å². The van der Waals surface area contributed by atoms with Crippen molar-refractivity contribution < 1.29 is 0 Å². The van der Waals surface area contributed by atoms with Crippen molar-refractivity contribution in [2.24, 2.45) is 0 Å². The number of nitrogen functional groups attached to an aromatic ring is 1. The van der Waals surface area contributed by atoms with Gasteiger partial charge in [0.05, 0.1) is 11.4 Å². The Hall–Kier alpha value is -1.91. The maximum Gasteiger partial charge on any atom is 0.149 e. The van der Waals surface area contributed by atoms with Gasteiger partial charge in [0.2, 0.25) is 0 Å². The quantitative estimate of drug-likeness (QED) is 0.776. The first-order valence-corrected chi connectivity index (χ1v) is 4.80. The highest BCUT2D eigenvalue weighted by Crippen LogP contribution is 2.29. The molecular formula is C10H13N5. The number of H-pyrrole nitrogens is 1. The highest BCUT2D eigenvalue weighted by atomic mass is 15.2. The third-order valence-electron chi connectivity index (χ3n) is 2.25. The average Bonchev–Trinajstić information content (AvgIpc) is 2.61. The highest BCUT2D eigenvalue weighted by molar-refractivity contribution is 5.65. The van der Waals surface area contributed by atoms with Crippen LogP contribution >= 0.6 is 0 Å². The highest BCUT2D eigenvalue weighted by Gasteiger charge is 2.16. The summed E-state index contributed by atoms with van der Waals surface area (Å²) in [5, 5.41) is 6.91. The first-order chi connectivity index (χ1) is 7.20. The van der Waals surface area contributed by atoms with Crippen LogP contribution in [0.4, 0.5) is 5.82 Å². The number of hydrogen-bond donors (Lipinski definition) is 2. The van der Waals surface area contributed by atoms with Crippen LogP contribution in [0.1, 0.15) is 25.3 Å². The van der Waals surface area contributed by atoms with Gasteiger partial charge < -0.3 is 5.73 Å². The normalized spacial score (nSPS) is 10.9. The number of aromatic amines is 1. The van der Waals surface area contributed by atoms with Crippen molar-refractivity contribution in [2.45, 2.75) is 19.8 Å². The number of nitrogens with one attached hydrogen (secondary N) is 1. The first-order valence-electron chi connectivity index (χ1n) is 4.80. The van der Waals surface area contributed by atoms with E-state index in [1.54, 1.807) is 6.20 Å². The molecule has 0 bridgehead atoms. The molecule has 2 rings (SSSR count). The van der Waals surface area contributed by atoms with E-state index in [1.807, 2.05) is 6.07 Å². The predicted molar refractivity (Wildman–Crippen MR) is 58.1 cm³/mol. The van der Waals surface area contributed by atoms with Crippen molar-refractivity contribution in [3.63, 3.8) is 0 Å². The second-order valence-electron chi connectivity index (χ2n) is 3.65. The zero-order valence-corrected chi connectivity index (χ0v) is 8.73. The van der Waals surface area contributed by atoms with Crippen LogP contribution in [0, 0.1) is 0 Å². The summed E-state index contributed by atoms with van der Waals surface area (Å²) in [5.74, 6) is 0.854. The number of nitrogens with two attached hydrogens (primary N) is 1. The minimum Gasteiger partial charge on any atom is -0.382 e. The van der Waals surface area contributed by atoms with Crippen LogP contribution in [0.15, 0.2) is 18.6 Å². The Morgan fingerprint density at radius 1 is 1.40 bits per heavy atom. The van der Waals surface area contributed by atoms with Gasteiger partial charge in [-0.15, -0.1) is 0 Å². The largest absolute Gasteiger partial charge is 0.382 e. The molecule has 0 aliphatic rings. The maximum atomic E-state index is 5.79. The van der Waals surface area contributed by atoms with E-state index >= 15 is 0 Å². The molecule has 0 aliphatic heterocycles. The fourth-order valence-electron chi connectivity index (χ4n) is 1.58. The molecule has 0 unspecified atom stereocenters. The van der Waals surface area contributed by atoms with Gasteiger partial charge in [0.15, 0.2) is 0 Å². The van der Waals surface area contributed by atoms with Crippen molar-refractivity contribution in [3.8, 4) is 11.4 Å². The maximum absolute atomic E-state index is 5.79. The molecule has 2 aromatic rings. The molecule has 0 radical (unpaired) electrons. The fraction of sp³-hybridized carbons (Fsp3) is 0.300. The smallest absolute Gasteiger partial charge is 0.149 e. The van der Waals surface area contributed by atoms with Gasteiger partial charge in [0.1, 0.15) is 12.1 Å². The molecule has 5 nitrogen and oxygen atoms in total. The van der Waals surface area contributed by atoms with Crippen LogP contribution in [-0.4, -0.2) is 20.2 Å². The molecule has 0 aromatic carbocycles. The van der Waals surface area contributed by atoms with Gasteiger partial charge in [-0.25, -0.2) is 9.97 Å². The SMILES string of the molecule is CC(C)c1c(N)n[nH]c1-c1ccncn1. The number of anilines is 1.